The molecule has 0 unspecified atom stereocenters. The molecule has 0 bridgehead atoms. The van der Waals surface area contributed by atoms with Crippen LogP contribution in [-0.2, 0) is 9.53 Å². The van der Waals surface area contributed by atoms with Gasteiger partial charge in [0, 0.05) is 11.9 Å². The summed E-state index contributed by atoms with van der Waals surface area (Å²) in [6.07, 6.45) is 7.06. The van der Waals surface area contributed by atoms with Gasteiger partial charge < -0.3 is 4.74 Å². The number of esters is 1. The average Bonchev–Trinajstić information content (AvgIpc) is 2.51. The first-order valence-electron chi connectivity index (χ1n) is 9.83. The summed E-state index contributed by atoms with van der Waals surface area (Å²) in [5.41, 5.74) is 0. The van der Waals surface area contributed by atoms with Gasteiger partial charge in [0.25, 0.3) is 0 Å². The van der Waals surface area contributed by atoms with Crippen LogP contribution >= 0.6 is 0 Å². The van der Waals surface area contributed by atoms with Crippen LogP contribution in [0, 0.1) is 0 Å². The Morgan fingerprint density at radius 2 is 1.32 bits per heavy atom. The van der Waals surface area contributed by atoms with E-state index in [9.17, 15) is 4.79 Å². The molecular formula is C17H34O2. The molecule has 0 radical (unpaired) electrons. The fraction of sp³-hybridized carbons (Fsp3) is 0.941. The molecule has 0 atom stereocenters. The predicted octanol–water partition coefficient (Wildman–Crippen LogP) is 5.64. The smallest absolute Gasteiger partial charge is 0.305 e. The van der Waals surface area contributed by atoms with Crippen LogP contribution in [-0.4, -0.2) is 13.1 Å². The van der Waals surface area contributed by atoms with E-state index < -0.39 is 12.7 Å². The molecular weight excluding hydrogens is 236 g/mol. The molecule has 2 nitrogen and oxygen atoms in total. The second-order valence-electron chi connectivity index (χ2n) is 4.97. The largest absolute Gasteiger partial charge is 0.469 e. The molecule has 19 heavy (non-hydrogen) atoms. The molecule has 0 saturated heterocycles. The Balaban J connectivity index is 3.45. The number of rotatable bonds is 14. The van der Waals surface area contributed by atoms with Gasteiger partial charge in [0.15, 0.2) is 0 Å². The number of methoxy groups -OCH3 is 1. The molecule has 0 aromatic heterocycles. The highest BCUT2D eigenvalue weighted by atomic mass is 16.5. The molecule has 114 valence electrons. The predicted molar refractivity (Wildman–Crippen MR) is 82.3 cm³/mol. The van der Waals surface area contributed by atoms with Gasteiger partial charge in [0.1, 0.15) is 0 Å². The molecule has 0 aliphatic heterocycles. The van der Waals surface area contributed by atoms with Crippen molar-refractivity contribution in [1.29, 1.82) is 0 Å². The van der Waals surface area contributed by atoms with E-state index in [0.717, 1.165) is 44.9 Å². The van der Waals surface area contributed by atoms with Crippen molar-refractivity contribution in [3.05, 3.63) is 0 Å². The number of ether oxygens (including phenoxy) is 1. The Kier molecular flexibility index (Phi) is 9.99. The molecule has 0 rings (SSSR count). The molecule has 0 amide bonds. The lowest BCUT2D eigenvalue weighted by Gasteiger charge is -2.03. The quantitative estimate of drug-likeness (QED) is 0.302. The van der Waals surface area contributed by atoms with Crippen molar-refractivity contribution >= 4 is 5.97 Å². The Morgan fingerprint density at radius 1 is 0.842 bits per heavy atom. The second kappa shape index (κ2) is 15.5. The van der Waals surface area contributed by atoms with E-state index in [1.165, 1.54) is 20.0 Å². The minimum atomic E-state index is -1.73. The number of unbranched alkanes of at least 4 members (excludes halogenated alkanes) is 8. The Morgan fingerprint density at radius 3 is 1.79 bits per heavy atom. The first kappa shape index (κ1) is 12.2. The summed E-state index contributed by atoms with van der Waals surface area (Å²) in [5, 5.41) is 0. The molecule has 0 fully saturated rings. The highest BCUT2D eigenvalue weighted by Gasteiger charge is 1.99. The summed E-state index contributed by atoms with van der Waals surface area (Å²) in [6, 6.07) is 0. The first-order chi connectivity index (χ1) is 10.8. The van der Waals surface area contributed by atoms with Crippen LogP contribution < -0.4 is 0 Å². The van der Waals surface area contributed by atoms with Crippen LogP contribution in [0.3, 0.4) is 0 Å². The van der Waals surface area contributed by atoms with E-state index in [2.05, 4.69) is 4.74 Å². The second-order valence-corrected chi connectivity index (χ2v) is 4.97. The summed E-state index contributed by atoms with van der Waals surface area (Å²) < 4.78 is 35.7. The molecule has 0 aromatic carbocycles. The molecule has 0 aliphatic rings. The van der Waals surface area contributed by atoms with Crippen LogP contribution in [0.1, 0.15) is 102 Å². The van der Waals surface area contributed by atoms with Gasteiger partial charge >= 0.3 is 5.97 Å². The zero-order valence-electron chi connectivity index (χ0n) is 16.8. The van der Waals surface area contributed by atoms with Crippen LogP contribution in [0.15, 0.2) is 0 Å². The normalized spacial score (nSPS) is 15.3. The third-order valence-electron chi connectivity index (χ3n) is 3.21. The minimum absolute atomic E-state index is 0.127. The summed E-state index contributed by atoms with van der Waals surface area (Å²) in [5.74, 6) is -0.127. The molecule has 2 heteroatoms. The van der Waals surface area contributed by atoms with Crippen molar-refractivity contribution in [2.24, 2.45) is 0 Å². The van der Waals surface area contributed by atoms with E-state index in [1.807, 2.05) is 0 Å². The van der Waals surface area contributed by atoms with Gasteiger partial charge in [-0.1, -0.05) is 83.9 Å². The molecule has 0 spiro atoms. The van der Waals surface area contributed by atoms with Crippen molar-refractivity contribution in [2.45, 2.75) is 96.7 Å². The van der Waals surface area contributed by atoms with Crippen molar-refractivity contribution in [3.63, 3.8) is 0 Å². The number of hydrogen-bond acceptors (Lipinski definition) is 2. The molecule has 0 aromatic rings. The average molecular weight is 274 g/mol. The SMILES string of the molecule is [2H]C([2H])(CC)C([2H])([2H])CCCCCCCCCCCC(=O)OC. The van der Waals surface area contributed by atoms with Crippen LogP contribution in [0.2, 0.25) is 0 Å². The standard InChI is InChI=1S/C17H34O2/c1-3-4-5-6-7-8-9-10-11-12-13-14-15-16-17(18)19-2/h3-16H2,1-2H3/i4D2,5D2. The zero-order chi connectivity index (χ0) is 17.8. The molecule has 0 N–H and O–H groups in total. The summed E-state index contributed by atoms with van der Waals surface area (Å²) in [6.45, 7) is 1.70. The maximum atomic E-state index is 10.9. The summed E-state index contributed by atoms with van der Waals surface area (Å²) in [7, 11) is 1.42. The lowest BCUT2D eigenvalue weighted by molar-refractivity contribution is -0.140. The fourth-order valence-electron chi connectivity index (χ4n) is 2.04. The van der Waals surface area contributed by atoms with Crippen molar-refractivity contribution in [3.8, 4) is 0 Å². The van der Waals surface area contributed by atoms with Gasteiger partial charge in [-0.15, -0.1) is 0 Å². The number of carbonyl (C=O) groups is 1. The maximum absolute atomic E-state index is 10.9. The lowest BCUT2D eigenvalue weighted by Crippen LogP contribution is -1.99. The van der Waals surface area contributed by atoms with E-state index in [1.54, 1.807) is 6.92 Å². The zero-order valence-corrected chi connectivity index (χ0v) is 12.8. The summed E-state index contributed by atoms with van der Waals surface area (Å²) in [4.78, 5) is 10.9. The Labute approximate surface area is 125 Å². The minimum Gasteiger partial charge on any atom is -0.469 e. The molecule has 0 aliphatic carbocycles. The van der Waals surface area contributed by atoms with Crippen LogP contribution in [0.5, 0.6) is 0 Å². The van der Waals surface area contributed by atoms with E-state index in [-0.39, 0.29) is 12.4 Å². The highest BCUT2D eigenvalue weighted by Crippen LogP contribution is 2.12. The third-order valence-corrected chi connectivity index (χ3v) is 3.21. The van der Waals surface area contributed by atoms with E-state index in [0.29, 0.717) is 12.8 Å². The number of hydrogen-bond donors (Lipinski definition) is 0. The maximum Gasteiger partial charge on any atom is 0.305 e. The first-order valence-corrected chi connectivity index (χ1v) is 7.83. The van der Waals surface area contributed by atoms with Crippen molar-refractivity contribution < 1.29 is 15.0 Å². The monoisotopic (exact) mass is 274 g/mol. The molecule has 0 heterocycles. The fourth-order valence-corrected chi connectivity index (χ4v) is 2.04. The third kappa shape index (κ3) is 15.4. The summed E-state index contributed by atoms with van der Waals surface area (Å²) >= 11 is 0. The lowest BCUT2D eigenvalue weighted by atomic mass is 10.0. The van der Waals surface area contributed by atoms with Gasteiger partial charge in [-0.25, -0.2) is 0 Å². The van der Waals surface area contributed by atoms with Crippen molar-refractivity contribution in [2.75, 3.05) is 7.11 Å². The van der Waals surface area contributed by atoms with Gasteiger partial charge in [-0.05, 0) is 6.42 Å². The number of carbonyl (C=O) groups excluding carboxylic acids is 1. The van der Waals surface area contributed by atoms with E-state index >= 15 is 0 Å². The van der Waals surface area contributed by atoms with Gasteiger partial charge in [0.2, 0.25) is 0 Å². The topological polar surface area (TPSA) is 26.3 Å². The van der Waals surface area contributed by atoms with Gasteiger partial charge in [-0.2, -0.15) is 0 Å². The Bertz CT molecular complexity index is 320. The molecule has 0 saturated carbocycles. The highest BCUT2D eigenvalue weighted by molar-refractivity contribution is 5.68. The van der Waals surface area contributed by atoms with Gasteiger partial charge in [0.05, 0.1) is 7.11 Å². The van der Waals surface area contributed by atoms with E-state index in [4.69, 9.17) is 5.48 Å². The van der Waals surface area contributed by atoms with Crippen molar-refractivity contribution in [1.82, 2.24) is 0 Å². The van der Waals surface area contributed by atoms with Gasteiger partial charge in [-0.3, -0.25) is 4.79 Å². The Hall–Kier alpha value is -0.530. The van der Waals surface area contributed by atoms with Crippen LogP contribution in [0.25, 0.3) is 0 Å². The van der Waals surface area contributed by atoms with Crippen LogP contribution in [0.4, 0.5) is 0 Å².